The van der Waals surface area contributed by atoms with Gasteiger partial charge in [0, 0.05) is 21.7 Å². The molecule has 112 valence electrons. The molecule has 21 heavy (non-hydrogen) atoms. The van der Waals surface area contributed by atoms with E-state index in [-0.39, 0.29) is 6.04 Å². The van der Waals surface area contributed by atoms with E-state index in [0.717, 1.165) is 11.6 Å². The Bertz CT molecular complexity index is 632. The van der Waals surface area contributed by atoms with Crippen molar-refractivity contribution in [3.05, 3.63) is 69.2 Å². The molecular weight excluding hydrogens is 315 g/mol. The Morgan fingerprint density at radius 2 is 1.90 bits per heavy atom. The van der Waals surface area contributed by atoms with Gasteiger partial charge in [0.05, 0.1) is 0 Å². The van der Waals surface area contributed by atoms with E-state index in [1.807, 2.05) is 6.92 Å². The van der Waals surface area contributed by atoms with Crippen LogP contribution in [0.3, 0.4) is 0 Å². The predicted molar refractivity (Wildman–Crippen MR) is 82.9 cm³/mol. The van der Waals surface area contributed by atoms with Crippen LogP contribution >= 0.6 is 23.2 Å². The van der Waals surface area contributed by atoms with Gasteiger partial charge in [0.25, 0.3) is 0 Å². The number of rotatable bonds is 5. The van der Waals surface area contributed by atoms with Crippen molar-refractivity contribution in [2.45, 2.75) is 19.4 Å². The molecule has 0 heterocycles. The molecular formula is C16H15Cl2F2N. The van der Waals surface area contributed by atoms with Gasteiger partial charge in [0.2, 0.25) is 0 Å². The number of hydrogen-bond acceptors (Lipinski definition) is 1. The fourth-order valence-electron chi connectivity index (χ4n) is 2.24. The second-order valence-corrected chi connectivity index (χ2v) is 5.54. The second kappa shape index (κ2) is 7.21. The zero-order valence-electron chi connectivity index (χ0n) is 11.5. The summed E-state index contributed by atoms with van der Waals surface area (Å²) in [5.74, 6) is -1.67. The zero-order chi connectivity index (χ0) is 15.4. The first-order valence-electron chi connectivity index (χ1n) is 6.64. The van der Waals surface area contributed by atoms with Gasteiger partial charge < -0.3 is 5.32 Å². The number of hydrogen-bond donors (Lipinski definition) is 1. The topological polar surface area (TPSA) is 12.0 Å². The predicted octanol–water partition coefficient (Wildman–Crippen LogP) is 5.16. The minimum Gasteiger partial charge on any atom is -0.310 e. The van der Waals surface area contributed by atoms with Gasteiger partial charge in [0.1, 0.15) is 0 Å². The highest BCUT2D eigenvalue weighted by Crippen LogP contribution is 2.28. The van der Waals surface area contributed by atoms with E-state index in [9.17, 15) is 8.78 Å². The van der Waals surface area contributed by atoms with E-state index in [1.54, 1.807) is 24.3 Å². The lowest BCUT2D eigenvalue weighted by atomic mass is 9.98. The summed E-state index contributed by atoms with van der Waals surface area (Å²) < 4.78 is 27.4. The van der Waals surface area contributed by atoms with Gasteiger partial charge in [-0.25, -0.2) is 8.78 Å². The number of nitrogens with one attached hydrogen (secondary N) is 1. The molecule has 1 atom stereocenters. The van der Waals surface area contributed by atoms with Crippen LogP contribution in [0, 0.1) is 11.6 Å². The first-order chi connectivity index (χ1) is 10.0. The first-order valence-corrected chi connectivity index (χ1v) is 7.39. The van der Waals surface area contributed by atoms with E-state index in [1.165, 1.54) is 6.07 Å². The van der Waals surface area contributed by atoms with Crippen molar-refractivity contribution in [3.8, 4) is 0 Å². The van der Waals surface area contributed by atoms with Crippen molar-refractivity contribution in [2.75, 3.05) is 6.54 Å². The summed E-state index contributed by atoms with van der Waals surface area (Å²) in [6.45, 7) is 2.54. The normalized spacial score (nSPS) is 12.4. The minimum absolute atomic E-state index is 0.294. The number of benzene rings is 2. The molecule has 2 aromatic rings. The van der Waals surface area contributed by atoms with E-state index in [4.69, 9.17) is 23.2 Å². The molecule has 0 aliphatic heterocycles. The third kappa shape index (κ3) is 3.94. The van der Waals surface area contributed by atoms with Crippen LogP contribution in [0.2, 0.25) is 10.0 Å². The lowest BCUT2D eigenvalue weighted by Crippen LogP contribution is -2.24. The van der Waals surface area contributed by atoms with Crippen LogP contribution in [0.25, 0.3) is 0 Å². The fraction of sp³-hybridized carbons (Fsp3) is 0.250. The molecule has 0 aliphatic rings. The number of likely N-dealkylation sites (N-methyl/N-ethyl adjacent to an activating group) is 1. The summed E-state index contributed by atoms with van der Waals surface area (Å²) in [7, 11) is 0. The average molecular weight is 330 g/mol. The van der Waals surface area contributed by atoms with Crippen LogP contribution in [0.15, 0.2) is 36.4 Å². The minimum atomic E-state index is -0.849. The SMILES string of the molecule is CCNC(Cc1ccc(Cl)cc1Cl)c1cccc(F)c1F. The van der Waals surface area contributed by atoms with E-state index < -0.39 is 11.6 Å². The summed E-state index contributed by atoms with van der Waals surface area (Å²) in [6.07, 6.45) is 0.449. The Morgan fingerprint density at radius 1 is 1.14 bits per heavy atom. The summed E-state index contributed by atoms with van der Waals surface area (Å²) in [6, 6.07) is 9.00. The van der Waals surface area contributed by atoms with Gasteiger partial charge >= 0.3 is 0 Å². The lowest BCUT2D eigenvalue weighted by Gasteiger charge is -2.20. The van der Waals surface area contributed by atoms with E-state index in [0.29, 0.717) is 28.6 Å². The molecule has 0 aromatic heterocycles. The molecule has 0 saturated carbocycles. The molecule has 1 nitrogen and oxygen atoms in total. The Balaban J connectivity index is 2.33. The molecule has 2 rings (SSSR count). The lowest BCUT2D eigenvalue weighted by molar-refractivity contribution is 0.464. The molecule has 5 heteroatoms. The van der Waals surface area contributed by atoms with Gasteiger partial charge in [-0.05, 0) is 36.7 Å². The molecule has 0 fully saturated rings. The van der Waals surface area contributed by atoms with Crippen molar-refractivity contribution in [3.63, 3.8) is 0 Å². The molecule has 0 amide bonds. The first kappa shape index (κ1) is 16.2. The quantitative estimate of drug-likeness (QED) is 0.798. The van der Waals surface area contributed by atoms with Crippen LogP contribution in [-0.2, 0) is 6.42 Å². The Kier molecular flexibility index (Phi) is 5.57. The van der Waals surface area contributed by atoms with Crippen molar-refractivity contribution in [1.82, 2.24) is 5.32 Å². The highest BCUT2D eigenvalue weighted by molar-refractivity contribution is 6.35. The standard InChI is InChI=1S/C16H15Cl2F2N/c1-2-21-15(12-4-3-5-14(19)16(12)20)8-10-6-7-11(17)9-13(10)18/h3-7,9,15,21H,2,8H2,1H3. The van der Waals surface area contributed by atoms with Crippen LogP contribution in [-0.4, -0.2) is 6.54 Å². The largest absolute Gasteiger partial charge is 0.310 e. The highest BCUT2D eigenvalue weighted by atomic mass is 35.5. The Labute approximate surface area is 132 Å². The van der Waals surface area contributed by atoms with Gasteiger partial charge in [0.15, 0.2) is 11.6 Å². The summed E-state index contributed by atoms with van der Waals surface area (Å²) in [4.78, 5) is 0. The van der Waals surface area contributed by atoms with Crippen LogP contribution in [0.1, 0.15) is 24.1 Å². The maximum absolute atomic E-state index is 14.0. The Morgan fingerprint density at radius 3 is 2.57 bits per heavy atom. The second-order valence-electron chi connectivity index (χ2n) is 4.69. The van der Waals surface area contributed by atoms with Crippen LogP contribution in [0.4, 0.5) is 8.78 Å². The third-order valence-electron chi connectivity index (χ3n) is 3.25. The maximum atomic E-state index is 14.0. The van der Waals surface area contributed by atoms with Crippen molar-refractivity contribution >= 4 is 23.2 Å². The summed E-state index contributed by atoms with van der Waals surface area (Å²) in [5, 5.41) is 4.22. The monoisotopic (exact) mass is 329 g/mol. The molecule has 0 saturated heterocycles. The maximum Gasteiger partial charge on any atom is 0.163 e. The molecule has 0 bridgehead atoms. The van der Waals surface area contributed by atoms with Gasteiger partial charge in [-0.2, -0.15) is 0 Å². The van der Waals surface area contributed by atoms with Crippen LogP contribution < -0.4 is 5.32 Å². The molecule has 1 N–H and O–H groups in total. The summed E-state index contributed by atoms with van der Waals surface area (Å²) >= 11 is 12.0. The third-order valence-corrected chi connectivity index (χ3v) is 3.83. The summed E-state index contributed by atoms with van der Waals surface area (Å²) in [5.41, 5.74) is 1.12. The molecule has 2 aromatic carbocycles. The smallest absolute Gasteiger partial charge is 0.163 e. The highest BCUT2D eigenvalue weighted by Gasteiger charge is 2.19. The van der Waals surface area contributed by atoms with Crippen molar-refractivity contribution in [1.29, 1.82) is 0 Å². The molecule has 0 spiro atoms. The van der Waals surface area contributed by atoms with Crippen molar-refractivity contribution in [2.24, 2.45) is 0 Å². The Hall–Kier alpha value is -1.16. The molecule has 1 unspecified atom stereocenters. The van der Waals surface area contributed by atoms with E-state index >= 15 is 0 Å². The van der Waals surface area contributed by atoms with Gasteiger partial charge in [-0.15, -0.1) is 0 Å². The van der Waals surface area contributed by atoms with Crippen LogP contribution in [0.5, 0.6) is 0 Å². The van der Waals surface area contributed by atoms with Crippen molar-refractivity contribution < 1.29 is 8.78 Å². The molecule has 0 aliphatic carbocycles. The molecule has 0 radical (unpaired) electrons. The zero-order valence-corrected chi connectivity index (χ0v) is 13.0. The fourth-order valence-corrected chi connectivity index (χ4v) is 2.72. The van der Waals surface area contributed by atoms with E-state index in [2.05, 4.69) is 5.32 Å². The van der Waals surface area contributed by atoms with Gasteiger partial charge in [-0.3, -0.25) is 0 Å². The van der Waals surface area contributed by atoms with Gasteiger partial charge in [-0.1, -0.05) is 48.3 Å². The number of halogens is 4. The average Bonchev–Trinajstić information content (AvgIpc) is 2.44.